The molecule has 2 unspecified atom stereocenters. The van der Waals surface area contributed by atoms with Crippen LogP contribution in [0.1, 0.15) is 59.8 Å². The van der Waals surface area contributed by atoms with Crippen LogP contribution in [0.4, 0.5) is 0 Å². The van der Waals surface area contributed by atoms with Crippen LogP contribution in [0.2, 0.25) is 0 Å². The Morgan fingerprint density at radius 2 is 1.87 bits per heavy atom. The summed E-state index contributed by atoms with van der Waals surface area (Å²) in [4.78, 5) is 0. The third kappa shape index (κ3) is 8.88. The monoisotopic (exact) mass is 215 g/mol. The van der Waals surface area contributed by atoms with Crippen LogP contribution in [-0.4, -0.2) is 25.3 Å². The van der Waals surface area contributed by atoms with E-state index in [0.717, 1.165) is 19.6 Å². The topological polar surface area (TPSA) is 21.3 Å². The maximum Gasteiger partial charge on any atom is 0.0544 e. The lowest BCUT2D eigenvalue weighted by atomic mass is 10.1. The second-order valence-corrected chi connectivity index (χ2v) is 4.29. The predicted molar refractivity (Wildman–Crippen MR) is 67.3 cm³/mol. The summed E-state index contributed by atoms with van der Waals surface area (Å²) in [7, 11) is 0. The maximum atomic E-state index is 5.66. The van der Waals surface area contributed by atoms with Gasteiger partial charge < -0.3 is 10.1 Å². The number of rotatable bonds is 10. The van der Waals surface area contributed by atoms with Crippen molar-refractivity contribution < 1.29 is 4.74 Å². The minimum Gasteiger partial charge on any atom is -0.379 e. The smallest absolute Gasteiger partial charge is 0.0544 e. The fourth-order valence-electron chi connectivity index (χ4n) is 1.53. The molecule has 2 nitrogen and oxygen atoms in total. The zero-order valence-electron chi connectivity index (χ0n) is 11.0. The maximum absolute atomic E-state index is 5.66. The van der Waals surface area contributed by atoms with Crippen LogP contribution in [0.25, 0.3) is 0 Å². The van der Waals surface area contributed by atoms with Crippen molar-refractivity contribution in [2.24, 2.45) is 0 Å². The van der Waals surface area contributed by atoms with E-state index in [-0.39, 0.29) is 0 Å². The summed E-state index contributed by atoms with van der Waals surface area (Å²) < 4.78 is 5.66. The minimum atomic E-state index is 0.425. The largest absolute Gasteiger partial charge is 0.379 e. The summed E-state index contributed by atoms with van der Waals surface area (Å²) in [5.74, 6) is 0. The van der Waals surface area contributed by atoms with Gasteiger partial charge in [-0.3, -0.25) is 0 Å². The molecule has 0 rings (SSSR count). The molecule has 92 valence electrons. The van der Waals surface area contributed by atoms with Crippen LogP contribution in [0.5, 0.6) is 0 Å². The molecule has 0 heterocycles. The number of ether oxygens (including phenoxy) is 1. The van der Waals surface area contributed by atoms with Crippen LogP contribution in [0.3, 0.4) is 0 Å². The molecule has 0 aromatic carbocycles. The Hall–Kier alpha value is -0.0800. The van der Waals surface area contributed by atoms with Gasteiger partial charge in [0, 0.05) is 12.6 Å². The Kier molecular flexibility index (Phi) is 10.4. The molecule has 0 saturated heterocycles. The molecule has 15 heavy (non-hydrogen) atoms. The Labute approximate surface area is 95.8 Å². The predicted octanol–water partition coefficient (Wildman–Crippen LogP) is 3.36. The van der Waals surface area contributed by atoms with E-state index in [1.54, 1.807) is 0 Å². The molecular weight excluding hydrogens is 186 g/mol. The average Bonchev–Trinajstić information content (AvgIpc) is 2.27. The first-order valence-corrected chi connectivity index (χ1v) is 6.59. The van der Waals surface area contributed by atoms with E-state index in [2.05, 4.69) is 33.0 Å². The summed E-state index contributed by atoms with van der Waals surface area (Å²) >= 11 is 0. The van der Waals surface area contributed by atoms with Crippen LogP contribution in [-0.2, 0) is 4.74 Å². The van der Waals surface area contributed by atoms with Crippen LogP contribution >= 0.6 is 0 Å². The van der Waals surface area contributed by atoms with E-state index in [0.29, 0.717) is 12.1 Å². The highest BCUT2D eigenvalue weighted by Crippen LogP contribution is 2.04. The van der Waals surface area contributed by atoms with Gasteiger partial charge in [-0.1, -0.05) is 20.8 Å². The van der Waals surface area contributed by atoms with E-state index in [4.69, 9.17) is 4.74 Å². The van der Waals surface area contributed by atoms with Crippen molar-refractivity contribution in [1.29, 1.82) is 0 Å². The van der Waals surface area contributed by atoms with Gasteiger partial charge in [-0.25, -0.2) is 0 Å². The molecule has 0 radical (unpaired) electrons. The SMILES string of the molecule is CCCNC(CC)CCCOC(C)CC. The van der Waals surface area contributed by atoms with Crippen LogP contribution < -0.4 is 5.32 Å². The number of hydrogen-bond acceptors (Lipinski definition) is 2. The highest BCUT2D eigenvalue weighted by molar-refractivity contribution is 4.64. The van der Waals surface area contributed by atoms with Gasteiger partial charge in [-0.15, -0.1) is 0 Å². The molecule has 0 aliphatic heterocycles. The molecule has 0 fully saturated rings. The fourth-order valence-corrected chi connectivity index (χ4v) is 1.53. The summed E-state index contributed by atoms with van der Waals surface area (Å²) in [6, 6.07) is 0.686. The van der Waals surface area contributed by atoms with E-state index >= 15 is 0 Å². The van der Waals surface area contributed by atoms with Gasteiger partial charge in [0.15, 0.2) is 0 Å². The summed E-state index contributed by atoms with van der Waals surface area (Å²) in [6.07, 6.45) is 6.41. The number of hydrogen-bond donors (Lipinski definition) is 1. The average molecular weight is 215 g/mol. The standard InChI is InChI=1S/C13H29NO/c1-5-10-14-13(7-3)9-8-11-15-12(4)6-2/h12-14H,5-11H2,1-4H3. The van der Waals surface area contributed by atoms with E-state index in [1.807, 2.05) is 0 Å². The van der Waals surface area contributed by atoms with Crippen molar-refractivity contribution in [1.82, 2.24) is 5.32 Å². The van der Waals surface area contributed by atoms with Gasteiger partial charge in [-0.2, -0.15) is 0 Å². The van der Waals surface area contributed by atoms with Crippen LogP contribution in [0.15, 0.2) is 0 Å². The molecule has 1 N–H and O–H groups in total. The molecule has 0 aliphatic carbocycles. The zero-order chi connectivity index (χ0) is 11.5. The lowest BCUT2D eigenvalue weighted by Crippen LogP contribution is -2.29. The van der Waals surface area contributed by atoms with Crippen molar-refractivity contribution in [3.05, 3.63) is 0 Å². The van der Waals surface area contributed by atoms with Crippen molar-refractivity contribution in [2.75, 3.05) is 13.2 Å². The molecule has 0 bridgehead atoms. The lowest BCUT2D eigenvalue weighted by Gasteiger charge is -2.17. The first kappa shape index (κ1) is 14.9. The number of nitrogens with one attached hydrogen (secondary N) is 1. The minimum absolute atomic E-state index is 0.425. The lowest BCUT2D eigenvalue weighted by molar-refractivity contribution is 0.0597. The molecule has 0 aromatic rings. The molecular formula is C13H29NO. The molecule has 0 saturated carbocycles. The van der Waals surface area contributed by atoms with Gasteiger partial charge in [0.05, 0.1) is 6.10 Å². The fraction of sp³-hybridized carbons (Fsp3) is 1.00. The van der Waals surface area contributed by atoms with E-state index in [9.17, 15) is 0 Å². The third-order valence-corrected chi connectivity index (χ3v) is 2.85. The second-order valence-electron chi connectivity index (χ2n) is 4.29. The van der Waals surface area contributed by atoms with Gasteiger partial charge in [0.2, 0.25) is 0 Å². The van der Waals surface area contributed by atoms with Gasteiger partial charge in [-0.05, 0) is 45.6 Å². The zero-order valence-corrected chi connectivity index (χ0v) is 11.0. The highest BCUT2D eigenvalue weighted by atomic mass is 16.5. The Balaban J connectivity index is 3.37. The summed E-state index contributed by atoms with van der Waals surface area (Å²) in [5.41, 5.74) is 0. The van der Waals surface area contributed by atoms with Crippen molar-refractivity contribution in [3.63, 3.8) is 0 Å². The third-order valence-electron chi connectivity index (χ3n) is 2.85. The van der Waals surface area contributed by atoms with Gasteiger partial charge >= 0.3 is 0 Å². The molecule has 0 aliphatic rings. The molecule has 2 atom stereocenters. The van der Waals surface area contributed by atoms with Crippen molar-refractivity contribution in [3.8, 4) is 0 Å². The van der Waals surface area contributed by atoms with E-state index < -0.39 is 0 Å². The van der Waals surface area contributed by atoms with Gasteiger partial charge in [0.1, 0.15) is 0 Å². The van der Waals surface area contributed by atoms with Crippen LogP contribution in [0, 0.1) is 0 Å². The normalized spacial score (nSPS) is 15.2. The first-order valence-electron chi connectivity index (χ1n) is 6.59. The van der Waals surface area contributed by atoms with Crippen molar-refractivity contribution in [2.45, 2.75) is 71.9 Å². The second kappa shape index (κ2) is 10.4. The van der Waals surface area contributed by atoms with E-state index in [1.165, 1.54) is 25.7 Å². The molecule has 0 spiro atoms. The highest BCUT2D eigenvalue weighted by Gasteiger charge is 2.04. The Bertz CT molecular complexity index is 128. The summed E-state index contributed by atoms with van der Waals surface area (Å²) in [6.45, 7) is 10.8. The molecule has 2 heteroatoms. The summed E-state index contributed by atoms with van der Waals surface area (Å²) in [5, 5.41) is 3.57. The Morgan fingerprint density at radius 1 is 1.13 bits per heavy atom. The molecule has 0 aromatic heterocycles. The first-order chi connectivity index (χ1) is 7.24. The van der Waals surface area contributed by atoms with Crippen molar-refractivity contribution >= 4 is 0 Å². The Morgan fingerprint density at radius 3 is 2.40 bits per heavy atom. The molecule has 0 amide bonds. The van der Waals surface area contributed by atoms with Gasteiger partial charge in [0.25, 0.3) is 0 Å². The quantitative estimate of drug-likeness (QED) is 0.564.